The molecule has 1 aliphatic heterocycles. The van der Waals surface area contributed by atoms with Crippen LogP contribution in [0.1, 0.15) is 5.82 Å². The van der Waals surface area contributed by atoms with Crippen molar-refractivity contribution in [2.45, 2.75) is 6.92 Å². The van der Waals surface area contributed by atoms with Gasteiger partial charge in [0, 0.05) is 45.5 Å². The lowest BCUT2D eigenvalue weighted by atomic mass is 10.3. The normalized spacial score (nSPS) is 18.2. The quantitative estimate of drug-likeness (QED) is 0.820. The van der Waals surface area contributed by atoms with Gasteiger partial charge in [-0.3, -0.25) is 4.90 Å². The minimum atomic E-state index is 0.814. The molecule has 2 rings (SSSR count). The molecule has 5 heteroatoms. The van der Waals surface area contributed by atoms with Gasteiger partial charge >= 0.3 is 0 Å². The summed E-state index contributed by atoms with van der Waals surface area (Å²) in [5.41, 5.74) is 0. The molecule has 1 aliphatic rings. The first-order valence-corrected chi connectivity index (χ1v) is 6.18. The second-order valence-electron chi connectivity index (χ2n) is 4.56. The van der Waals surface area contributed by atoms with Crippen molar-refractivity contribution in [1.82, 2.24) is 19.8 Å². The van der Waals surface area contributed by atoms with Crippen molar-refractivity contribution in [3.63, 3.8) is 0 Å². The third-order valence-corrected chi connectivity index (χ3v) is 3.11. The Morgan fingerprint density at radius 3 is 2.76 bits per heavy atom. The van der Waals surface area contributed by atoms with E-state index in [2.05, 4.69) is 32.1 Å². The summed E-state index contributed by atoms with van der Waals surface area (Å²) in [5, 5.41) is 3.34. The van der Waals surface area contributed by atoms with Crippen LogP contribution < -0.4 is 5.32 Å². The van der Waals surface area contributed by atoms with E-state index in [-0.39, 0.29) is 0 Å². The summed E-state index contributed by atoms with van der Waals surface area (Å²) in [6, 6.07) is 1.91. The highest BCUT2D eigenvalue weighted by Crippen LogP contribution is 2.02. The Labute approximate surface area is 103 Å². The molecular formula is C12H21N5. The second kappa shape index (κ2) is 5.93. The third kappa shape index (κ3) is 3.94. The van der Waals surface area contributed by atoms with Crippen LogP contribution in [-0.2, 0) is 0 Å². The van der Waals surface area contributed by atoms with Crippen molar-refractivity contribution in [2.24, 2.45) is 0 Å². The van der Waals surface area contributed by atoms with Crippen LogP contribution in [-0.4, -0.2) is 66.1 Å². The summed E-state index contributed by atoms with van der Waals surface area (Å²) in [7, 11) is 2.18. The average molecular weight is 235 g/mol. The highest BCUT2D eigenvalue weighted by Gasteiger charge is 2.12. The monoisotopic (exact) mass is 235 g/mol. The molecule has 1 saturated heterocycles. The fourth-order valence-corrected chi connectivity index (χ4v) is 1.97. The van der Waals surface area contributed by atoms with E-state index in [1.165, 1.54) is 26.2 Å². The lowest BCUT2D eigenvalue weighted by molar-refractivity contribution is 0.158. The van der Waals surface area contributed by atoms with Crippen molar-refractivity contribution in [3.05, 3.63) is 18.1 Å². The average Bonchev–Trinajstić information content (AvgIpc) is 2.32. The van der Waals surface area contributed by atoms with Crippen LogP contribution in [0.3, 0.4) is 0 Å². The fourth-order valence-electron chi connectivity index (χ4n) is 1.97. The molecule has 0 bridgehead atoms. The Hall–Kier alpha value is -1.20. The number of nitrogens with zero attached hydrogens (tertiary/aromatic N) is 4. The molecule has 0 unspecified atom stereocenters. The van der Waals surface area contributed by atoms with E-state index >= 15 is 0 Å². The standard InChI is InChI=1S/C12H21N5/c1-11-13-4-3-12(15-11)14-5-6-17-9-7-16(2)8-10-17/h3-4H,5-10H2,1-2H3,(H,13,14,15). The molecule has 5 nitrogen and oxygen atoms in total. The fraction of sp³-hybridized carbons (Fsp3) is 0.667. The number of rotatable bonds is 4. The number of anilines is 1. The molecule has 2 heterocycles. The van der Waals surface area contributed by atoms with Gasteiger partial charge in [0.05, 0.1) is 0 Å². The molecule has 0 saturated carbocycles. The van der Waals surface area contributed by atoms with Crippen molar-refractivity contribution < 1.29 is 0 Å². The van der Waals surface area contributed by atoms with Crippen LogP contribution in [0.4, 0.5) is 5.82 Å². The van der Waals surface area contributed by atoms with Crippen LogP contribution in [0.15, 0.2) is 12.3 Å². The number of likely N-dealkylation sites (N-methyl/N-ethyl adjacent to an activating group) is 1. The zero-order chi connectivity index (χ0) is 12.1. The third-order valence-electron chi connectivity index (χ3n) is 3.11. The van der Waals surface area contributed by atoms with Gasteiger partial charge in [-0.05, 0) is 20.0 Å². The zero-order valence-corrected chi connectivity index (χ0v) is 10.7. The Morgan fingerprint density at radius 1 is 1.29 bits per heavy atom. The number of aromatic nitrogens is 2. The number of hydrogen-bond donors (Lipinski definition) is 1. The molecule has 17 heavy (non-hydrogen) atoms. The highest BCUT2D eigenvalue weighted by molar-refractivity contribution is 5.32. The summed E-state index contributed by atoms with van der Waals surface area (Å²) >= 11 is 0. The van der Waals surface area contributed by atoms with Gasteiger partial charge in [-0.2, -0.15) is 0 Å². The zero-order valence-electron chi connectivity index (χ0n) is 10.7. The number of nitrogens with one attached hydrogen (secondary N) is 1. The molecule has 0 atom stereocenters. The van der Waals surface area contributed by atoms with Crippen LogP contribution in [0.25, 0.3) is 0 Å². The van der Waals surface area contributed by atoms with Gasteiger partial charge in [0.15, 0.2) is 0 Å². The van der Waals surface area contributed by atoms with Crippen LogP contribution in [0.2, 0.25) is 0 Å². The van der Waals surface area contributed by atoms with Gasteiger partial charge in [-0.25, -0.2) is 9.97 Å². The van der Waals surface area contributed by atoms with E-state index in [0.29, 0.717) is 0 Å². The second-order valence-corrected chi connectivity index (χ2v) is 4.56. The van der Waals surface area contributed by atoms with Crippen molar-refractivity contribution >= 4 is 5.82 Å². The first-order valence-electron chi connectivity index (χ1n) is 6.18. The smallest absolute Gasteiger partial charge is 0.129 e. The van der Waals surface area contributed by atoms with Crippen LogP contribution >= 0.6 is 0 Å². The van der Waals surface area contributed by atoms with E-state index < -0.39 is 0 Å². The maximum Gasteiger partial charge on any atom is 0.129 e. The molecule has 0 aromatic carbocycles. The largest absolute Gasteiger partial charge is 0.369 e. The van der Waals surface area contributed by atoms with Crippen molar-refractivity contribution in [3.8, 4) is 0 Å². The lowest BCUT2D eigenvalue weighted by Crippen LogP contribution is -2.45. The van der Waals surface area contributed by atoms with Gasteiger partial charge in [0.1, 0.15) is 11.6 Å². The minimum absolute atomic E-state index is 0.814. The van der Waals surface area contributed by atoms with Crippen molar-refractivity contribution in [2.75, 3.05) is 51.6 Å². The number of aryl methyl sites for hydroxylation is 1. The summed E-state index contributed by atoms with van der Waals surface area (Å²) in [5.74, 6) is 1.74. The predicted octanol–water partition coefficient (Wildman–Crippen LogP) is 0.444. The highest BCUT2D eigenvalue weighted by atomic mass is 15.2. The molecular weight excluding hydrogens is 214 g/mol. The van der Waals surface area contributed by atoms with Gasteiger partial charge in [-0.1, -0.05) is 0 Å². The maximum absolute atomic E-state index is 4.32. The summed E-state index contributed by atoms with van der Waals surface area (Å²) in [6.45, 7) is 8.61. The maximum atomic E-state index is 4.32. The molecule has 0 radical (unpaired) electrons. The van der Waals surface area contributed by atoms with Gasteiger partial charge in [-0.15, -0.1) is 0 Å². The van der Waals surface area contributed by atoms with E-state index in [9.17, 15) is 0 Å². The van der Waals surface area contributed by atoms with Crippen LogP contribution in [0, 0.1) is 6.92 Å². The summed E-state index contributed by atoms with van der Waals surface area (Å²) < 4.78 is 0. The number of hydrogen-bond acceptors (Lipinski definition) is 5. The first-order chi connectivity index (χ1) is 8.24. The van der Waals surface area contributed by atoms with Crippen LogP contribution in [0.5, 0.6) is 0 Å². The molecule has 1 aromatic rings. The number of piperazine rings is 1. The summed E-state index contributed by atoms with van der Waals surface area (Å²) in [6.07, 6.45) is 1.79. The Balaban J connectivity index is 1.69. The van der Waals surface area contributed by atoms with Gasteiger partial charge < -0.3 is 10.2 Å². The first kappa shape index (κ1) is 12.3. The molecule has 0 amide bonds. The van der Waals surface area contributed by atoms with Gasteiger partial charge in [0.2, 0.25) is 0 Å². The predicted molar refractivity (Wildman–Crippen MR) is 69.2 cm³/mol. The Kier molecular flexibility index (Phi) is 4.28. The van der Waals surface area contributed by atoms with E-state index in [1.807, 2.05) is 13.0 Å². The van der Waals surface area contributed by atoms with E-state index in [1.54, 1.807) is 6.20 Å². The lowest BCUT2D eigenvalue weighted by Gasteiger charge is -2.32. The Bertz CT molecular complexity index is 347. The molecule has 0 spiro atoms. The molecule has 0 aliphatic carbocycles. The SMILES string of the molecule is Cc1nccc(NCCN2CCN(C)CC2)n1. The van der Waals surface area contributed by atoms with E-state index in [4.69, 9.17) is 0 Å². The molecule has 1 N–H and O–H groups in total. The summed E-state index contributed by atoms with van der Waals surface area (Å²) in [4.78, 5) is 13.3. The van der Waals surface area contributed by atoms with E-state index in [0.717, 1.165) is 24.7 Å². The molecule has 1 aromatic heterocycles. The van der Waals surface area contributed by atoms with Crippen molar-refractivity contribution in [1.29, 1.82) is 0 Å². The molecule has 1 fully saturated rings. The van der Waals surface area contributed by atoms with Gasteiger partial charge in [0.25, 0.3) is 0 Å². The Morgan fingerprint density at radius 2 is 2.06 bits per heavy atom. The topological polar surface area (TPSA) is 44.3 Å². The minimum Gasteiger partial charge on any atom is -0.369 e. The molecule has 94 valence electrons.